The maximum Gasteiger partial charge on any atom is 0.390 e. The maximum absolute atomic E-state index is 13.0. The number of rotatable bonds is 3. The van der Waals surface area contributed by atoms with Crippen LogP contribution in [0.25, 0.3) is 0 Å². The van der Waals surface area contributed by atoms with Gasteiger partial charge >= 0.3 is 6.18 Å². The summed E-state index contributed by atoms with van der Waals surface area (Å²) < 4.78 is 40.2. The van der Waals surface area contributed by atoms with E-state index in [9.17, 15) is 13.2 Å². The Bertz CT molecular complexity index is 512. The first-order valence-electron chi connectivity index (χ1n) is 6.54. The summed E-state index contributed by atoms with van der Waals surface area (Å²) in [5.41, 5.74) is 6.88. The molecule has 1 fully saturated rings. The molecule has 1 heterocycles. The molecule has 0 amide bonds. The summed E-state index contributed by atoms with van der Waals surface area (Å²) in [6, 6.07) is 2.65. The molecule has 0 aliphatic carbocycles. The molecule has 0 bridgehead atoms. The zero-order valence-corrected chi connectivity index (χ0v) is 16.8. The molecule has 2 rings (SSSR count). The van der Waals surface area contributed by atoms with E-state index in [4.69, 9.17) is 5.73 Å². The normalized spacial score (nSPS) is 17.1. The van der Waals surface area contributed by atoms with Crippen molar-refractivity contribution in [2.24, 2.45) is 0 Å². The van der Waals surface area contributed by atoms with Crippen molar-refractivity contribution >= 4 is 62.4 Å². The molecule has 1 saturated heterocycles. The first-order valence-corrected chi connectivity index (χ1v) is 8.12. The third-order valence-corrected chi connectivity index (χ3v) is 4.62. The maximum atomic E-state index is 13.0. The van der Waals surface area contributed by atoms with E-state index < -0.39 is 18.6 Å². The molecule has 1 aliphatic heterocycles. The lowest BCUT2D eigenvalue weighted by Gasteiger charge is -2.36. The Balaban J connectivity index is 0.00000242. The van der Waals surface area contributed by atoms with Crippen LogP contribution in [0, 0.1) is 0 Å². The van der Waals surface area contributed by atoms with Gasteiger partial charge in [-0.15, -0.1) is 24.8 Å². The molecule has 23 heavy (non-hydrogen) atoms. The minimum absolute atomic E-state index is 0. The number of nitrogens with one attached hydrogen (secondary N) is 1. The lowest BCUT2D eigenvalue weighted by molar-refractivity contribution is -0.148. The van der Waals surface area contributed by atoms with Crippen molar-refractivity contribution in [3.8, 4) is 0 Å². The lowest BCUT2D eigenvalue weighted by Crippen LogP contribution is -2.46. The summed E-state index contributed by atoms with van der Waals surface area (Å²) in [6.45, 7) is 2.52. The summed E-state index contributed by atoms with van der Waals surface area (Å²) in [4.78, 5) is 1.84. The van der Waals surface area contributed by atoms with Gasteiger partial charge < -0.3 is 11.1 Å². The first-order chi connectivity index (χ1) is 9.78. The van der Waals surface area contributed by atoms with Crippen molar-refractivity contribution in [1.29, 1.82) is 0 Å². The number of hydrogen-bond acceptors (Lipinski definition) is 3. The fourth-order valence-corrected chi connectivity index (χ4v) is 3.79. The Labute approximate surface area is 162 Å². The standard InChI is InChI=1S/C13H16Br2F3N3.2ClH/c14-8-5-9(12(19)10(15)6-8)11(7-13(16,17)18)21-3-1-20-2-4-21;;/h5-6,11,20H,1-4,7,19H2;2*1H/t11-;;/m0../s1. The fourth-order valence-electron chi connectivity index (χ4n) is 2.53. The number of nitrogens with zero attached hydrogens (tertiary/aromatic N) is 1. The molecule has 3 nitrogen and oxygen atoms in total. The van der Waals surface area contributed by atoms with Gasteiger partial charge in [-0.2, -0.15) is 13.2 Å². The van der Waals surface area contributed by atoms with Crippen LogP contribution < -0.4 is 11.1 Å². The Morgan fingerprint density at radius 2 is 1.74 bits per heavy atom. The molecule has 134 valence electrons. The Kier molecular flexibility index (Phi) is 9.79. The van der Waals surface area contributed by atoms with Gasteiger partial charge in [0.1, 0.15) is 0 Å². The number of alkyl halides is 3. The molecule has 0 unspecified atom stereocenters. The van der Waals surface area contributed by atoms with Gasteiger partial charge in [0.2, 0.25) is 0 Å². The molecule has 1 aromatic rings. The van der Waals surface area contributed by atoms with E-state index >= 15 is 0 Å². The highest BCUT2D eigenvalue weighted by Gasteiger charge is 2.37. The Morgan fingerprint density at radius 1 is 1.17 bits per heavy atom. The van der Waals surface area contributed by atoms with E-state index in [0.717, 1.165) is 0 Å². The van der Waals surface area contributed by atoms with Crippen LogP contribution in [0.2, 0.25) is 0 Å². The van der Waals surface area contributed by atoms with Crippen LogP contribution in [0.3, 0.4) is 0 Å². The zero-order chi connectivity index (χ0) is 15.6. The molecule has 0 radical (unpaired) electrons. The predicted molar refractivity (Wildman–Crippen MR) is 98.6 cm³/mol. The van der Waals surface area contributed by atoms with Gasteiger partial charge in [0.05, 0.1) is 12.1 Å². The van der Waals surface area contributed by atoms with E-state index in [1.54, 1.807) is 12.1 Å². The van der Waals surface area contributed by atoms with Gasteiger partial charge in [-0.3, -0.25) is 4.90 Å². The second kappa shape index (κ2) is 9.68. The highest BCUT2D eigenvalue weighted by atomic mass is 79.9. The number of halogens is 7. The van der Waals surface area contributed by atoms with Crippen molar-refractivity contribution in [2.75, 3.05) is 31.9 Å². The van der Waals surface area contributed by atoms with Crippen LogP contribution in [-0.4, -0.2) is 37.3 Å². The van der Waals surface area contributed by atoms with Gasteiger partial charge in [-0.1, -0.05) is 15.9 Å². The molecule has 0 saturated carbocycles. The van der Waals surface area contributed by atoms with Crippen LogP contribution in [0.4, 0.5) is 18.9 Å². The molecule has 0 spiro atoms. The number of piperazine rings is 1. The van der Waals surface area contributed by atoms with E-state index in [1.807, 2.05) is 4.90 Å². The summed E-state index contributed by atoms with van der Waals surface area (Å²) in [7, 11) is 0. The van der Waals surface area contributed by atoms with Gasteiger partial charge in [-0.25, -0.2) is 0 Å². The first kappa shape index (κ1) is 23.3. The topological polar surface area (TPSA) is 41.3 Å². The average molecular weight is 504 g/mol. The van der Waals surface area contributed by atoms with Crippen LogP contribution in [0.5, 0.6) is 0 Å². The zero-order valence-electron chi connectivity index (χ0n) is 12.0. The fraction of sp³-hybridized carbons (Fsp3) is 0.538. The quantitative estimate of drug-likeness (QED) is 0.595. The molecule has 1 atom stereocenters. The summed E-state index contributed by atoms with van der Waals surface area (Å²) >= 11 is 6.62. The van der Waals surface area contributed by atoms with Gasteiger partial charge in [0.15, 0.2) is 0 Å². The molecule has 1 aliphatic rings. The molecular formula is C13H18Br2Cl2F3N3. The Morgan fingerprint density at radius 3 is 2.26 bits per heavy atom. The monoisotopic (exact) mass is 501 g/mol. The van der Waals surface area contributed by atoms with Crippen molar-refractivity contribution < 1.29 is 13.2 Å². The van der Waals surface area contributed by atoms with Crippen LogP contribution >= 0.6 is 56.7 Å². The highest BCUT2D eigenvalue weighted by molar-refractivity contribution is 9.11. The lowest BCUT2D eigenvalue weighted by atomic mass is 9.99. The third-order valence-electron chi connectivity index (χ3n) is 3.50. The largest absolute Gasteiger partial charge is 0.398 e. The van der Waals surface area contributed by atoms with Gasteiger partial charge in [0, 0.05) is 41.2 Å². The molecule has 1 aromatic carbocycles. The number of nitrogen functional groups attached to an aromatic ring is 1. The second-order valence-electron chi connectivity index (χ2n) is 5.01. The van der Waals surface area contributed by atoms with E-state index in [0.29, 0.717) is 46.4 Å². The van der Waals surface area contributed by atoms with Gasteiger partial charge in [0.25, 0.3) is 0 Å². The van der Waals surface area contributed by atoms with Crippen LogP contribution in [0.15, 0.2) is 21.1 Å². The minimum atomic E-state index is -4.24. The SMILES string of the molecule is Cl.Cl.Nc1c(Br)cc(Br)cc1[C@H](CC(F)(F)F)N1CCNCC1. The number of nitrogens with two attached hydrogens (primary N) is 1. The van der Waals surface area contributed by atoms with Crippen molar-refractivity contribution in [1.82, 2.24) is 10.2 Å². The minimum Gasteiger partial charge on any atom is -0.398 e. The Hall–Kier alpha value is 0.270. The molecule has 3 N–H and O–H groups in total. The van der Waals surface area contributed by atoms with Crippen molar-refractivity contribution in [3.05, 3.63) is 26.6 Å². The van der Waals surface area contributed by atoms with E-state index in [2.05, 4.69) is 37.2 Å². The van der Waals surface area contributed by atoms with Crippen molar-refractivity contribution in [3.63, 3.8) is 0 Å². The molecule has 10 heteroatoms. The van der Waals surface area contributed by atoms with Crippen LogP contribution in [0.1, 0.15) is 18.0 Å². The average Bonchev–Trinajstić information content (AvgIpc) is 2.40. The van der Waals surface area contributed by atoms with Gasteiger partial charge in [-0.05, 0) is 33.6 Å². The third kappa shape index (κ3) is 6.59. The van der Waals surface area contributed by atoms with Crippen LogP contribution in [-0.2, 0) is 0 Å². The molecular weight excluding hydrogens is 486 g/mol. The van der Waals surface area contributed by atoms with E-state index in [-0.39, 0.29) is 24.8 Å². The molecule has 0 aromatic heterocycles. The summed E-state index contributed by atoms with van der Waals surface area (Å²) in [5.74, 6) is 0. The predicted octanol–water partition coefficient (Wildman–Crippen LogP) is 4.54. The number of anilines is 1. The number of hydrogen-bond donors (Lipinski definition) is 2. The highest BCUT2D eigenvalue weighted by Crippen LogP contribution is 2.40. The smallest absolute Gasteiger partial charge is 0.390 e. The summed E-state index contributed by atoms with van der Waals surface area (Å²) in [6.07, 6.45) is -5.14. The van der Waals surface area contributed by atoms with E-state index in [1.165, 1.54) is 0 Å². The summed E-state index contributed by atoms with van der Waals surface area (Å²) in [5, 5.41) is 3.15. The second-order valence-corrected chi connectivity index (χ2v) is 6.78. The van der Waals surface area contributed by atoms with Crippen molar-refractivity contribution in [2.45, 2.75) is 18.6 Å². The number of benzene rings is 1.